The molecule has 0 aliphatic heterocycles. The van der Waals surface area contributed by atoms with Crippen molar-refractivity contribution in [1.82, 2.24) is 0 Å². The van der Waals surface area contributed by atoms with Crippen molar-refractivity contribution in [2.75, 3.05) is 6.26 Å². The molecule has 0 aliphatic carbocycles. The molecule has 0 N–H and O–H groups in total. The Kier molecular flexibility index (Phi) is 5.46. The molecule has 0 spiro atoms. The summed E-state index contributed by atoms with van der Waals surface area (Å²) in [5, 5.41) is 0. The summed E-state index contributed by atoms with van der Waals surface area (Å²) in [6.45, 7) is 10.0. The van der Waals surface area contributed by atoms with Crippen LogP contribution in [0.25, 0.3) is 0 Å². The van der Waals surface area contributed by atoms with Gasteiger partial charge in [0.25, 0.3) is 10.1 Å². The van der Waals surface area contributed by atoms with Gasteiger partial charge in [0.1, 0.15) is 0 Å². The van der Waals surface area contributed by atoms with Crippen LogP contribution in [0.1, 0.15) is 27.2 Å². The van der Waals surface area contributed by atoms with Crippen LogP contribution in [0.4, 0.5) is 0 Å². The first kappa shape index (κ1) is 15.1. The molecule has 6 heteroatoms. The van der Waals surface area contributed by atoms with E-state index in [2.05, 4.69) is 0 Å². The van der Waals surface area contributed by atoms with Crippen LogP contribution in [0.15, 0.2) is 0 Å². The van der Waals surface area contributed by atoms with Crippen LogP contribution in [0.5, 0.6) is 0 Å². The molecule has 1 unspecified atom stereocenters. The van der Waals surface area contributed by atoms with Gasteiger partial charge in [0.05, 0.1) is 6.26 Å². The highest BCUT2D eigenvalue weighted by Crippen LogP contribution is 2.24. The molecule has 0 aliphatic rings. The van der Waals surface area contributed by atoms with E-state index < -0.39 is 25.4 Å². The largest absolute Gasteiger partial charge is 0.395 e. The summed E-state index contributed by atoms with van der Waals surface area (Å²) in [5.41, 5.74) is -0.0152. The van der Waals surface area contributed by atoms with Gasteiger partial charge in [-0.2, -0.15) is 8.42 Å². The highest BCUT2D eigenvalue weighted by Gasteiger charge is 2.24. The lowest BCUT2D eigenvalue weighted by atomic mass is 9.92. The Balaban J connectivity index is 4.46. The van der Waals surface area contributed by atoms with E-state index in [1.807, 2.05) is 33.9 Å². The van der Waals surface area contributed by atoms with Crippen molar-refractivity contribution in [1.29, 1.82) is 0 Å². The average Bonchev–Trinajstić information content (AvgIpc) is 1.73. The number of rotatable bonds is 5. The molecule has 92 valence electrons. The normalized spacial score (nSPS) is 15.7. The van der Waals surface area contributed by atoms with Crippen molar-refractivity contribution in [2.45, 2.75) is 46.6 Å². The van der Waals surface area contributed by atoms with Crippen molar-refractivity contribution in [3.8, 4) is 0 Å². The van der Waals surface area contributed by atoms with Gasteiger partial charge in [-0.3, -0.25) is 0 Å². The molecule has 0 bridgehead atoms. The monoisotopic (exact) mass is 254 g/mol. The maximum atomic E-state index is 11.0. The van der Waals surface area contributed by atoms with Gasteiger partial charge in [0.2, 0.25) is 0 Å². The lowest BCUT2D eigenvalue weighted by Crippen LogP contribution is -2.30. The maximum Gasteiger partial charge on any atom is 0.266 e. The number of hydrogen-bond acceptors (Lipinski definition) is 4. The van der Waals surface area contributed by atoms with Gasteiger partial charge in [-0.05, 0) is 18.5 Å². The summed E-state index contributed by atoms with van der Waals surface area (Å²) in [7, 11) is -4.74. The molecule has 0 amide bonds. The molecular formula is C9H22O4SSi. The predicted octanol–water partition coefficient (Wildman–Crippen LogP) is 1.72. The van der Waals surface area contributed by atoms with Crippen molar-refractivity contribution >= 4 is 19.2 Å². The topological polar surface area (TPSA) is 52.6 Å². The van der Waals surface area contributed by atoms with Crippen LogP contribution in [0.2, 0.25) is 13.1 Å². The molecule has 0 aromatic heterocycles. The Morgan fingerprint density at radius 2 is 1.73 bits per heavy atom. The fourth-order valence-corrected chi connectivity index (χ4v) is 2.45. The van der Waals surface area contributed by atoms with Gasteiger partial charge in [-0.25, -0.2) is 4.18 Å². The van der Waals surface area contributed by atoms with Crippen molar-refractivity contribution in [3.05, 3.63) is 0 Å². The van der Waals surface area contributed by atoms with Crippen molar-refractivity contribution in [2.24, 2.45) is 5.41 Å². The summed E-state index contributed by atoms with van der Waals surface area (Å²) in [5.74, 6) is 0. The molecule has 1 atom stereocenters. The molecule has 0 aromatic carbocycles. The molecular weight excluding hydrogens is 232 g/mol. The molecule has 0 rings (SSSR count). The lowest BCUT2D eigenvalue weighted by molar-refractivity contribution is -0.0189. The third kappa shape index (κ3) is 10.4. The zero-order valence-electron chi connectivity index (χ0n) is 10.4. The average molecular weight is 254 g/mol. The van der Waals surface area contributed by atoms with Gasteiger partial charge in [0, 0.05) is 6.42 Å². The number of hydrogen-bond donors (Lipinski definition) is 0. The van der Waals surface area contributed by atoms with Gasteiger partial charge in [0.15, 0.2) is 15.3 Å². The standard InChI is InChI=1S/C9H22O4SSi/c1-9(2,3)7-8(13-15(5)6)12-14(4,10)11/h8,15H,7H2,1-6H3. The minimum atomic E-state index is -3.44. The zero-order chi connectivity index (χ0) is 12.3. The molecule has 0 radical (unpaired) electrons. The zero-order valence-corrected chi connectivity index (χ0v) is 12.4. The maximum absolute atomic E-state index is 11.0. The van der Waals surface area contributed by atoms with E-state index in [1.165, 1.54) is 0 Å². The fourth-order valence-electron chi connectivity index (χ4n) is 1.10. The molecule has 0 heterocycles. The van der Waals surface area contributed by atoms with E-state index in [0.29, 0.717) is 6.42 Å². The third-order valence-electron chi connectivity index (χ3n) is 1.49. The van der Waals surface area contributed by atoms with E-state index in [-0.39, 0.29) is 5.41 Å². The quantitative estimate of drug-likeness (QED) is 0.426. The van der Waals surface area contributed by atoms with Crippen LogP contribution >= 0.6 is 0 Å². The second kappa shape index (κ2) is 5.43. The molecule has 0 aromatic rings. The Morgan fingerprint density at radius 3 is 2.00 bits per heavy atom. The summed E-state index contributed by atoms with van der Waals surface area (Å²) in [6, 6.07) is 0. The van der Waals surface area contributed by atoms with Gasteiger partial charge in [-0.1, -0.05) is 20.8 Å². The summed E-state index contributed by atoms with van der Waals surface area (Å²) >= 11 is 0. The highest BCUT2D eigenvalue weighted by molar-refractivity contribution is 7.86. The summed E-state index contributed by atoms with van der Waals surface area (Å²) in [4.78, 5) is 0. The second-order valence-corrected chi connectivity index (χ2v) is 9.15. The predicted molar refractivity (Wildman–Crippen MR) is 63.8 cm³/mol. The van der Waals surface area contributed by atoms with Gasteiger partial charge in [-0.15, -0.1) is 0 Å². The van der Waals surface area contributed by atoms with Crippen molar-refractivity contribution in [3.63, 3.8) is 0 Å². The van der Waals surface area contributed by atoms with Crippen LogP contribution in [0.3, 0.4) is 0 Å². The first-order valence-corrected chi connectivity index (χ1v) is 9.63. The fraction of sp³-hybridized carbons (Fsp3) is 1.00. The smallest absolute Gasteiger partial charge is 0.266 e. The van der Waals surface area contributed by atoms with Gasteiger partial charge >= 0.3 is 0 Å². The minimum absolute atomic E-state index is 0.0152. The molecule has 4 nitrogen and oxygen atoms in total. The Bertz CT molecular complexity index is 279. The minimum Gasteiger partial charge on any atom is -0.395 e. The molecule has 0 fully saturated rings. The van der Waals surface area contributed by atoms with Crippen LogP contribution < -0.4 is 0 Å². The van der Waals surface area contributed by atoms with Crippen LogP contribution in [-0.2, 0) is 18.7 Å². The third-order valence-corrected chi connectivity index (χ3v) is 2.90. The van der Waals surface area contributed by atoms with Crippen molar-refractivity contribution < 1.29 is 17.0 Å². The summed E-state index contributed by atoms with van der Waals surface area (Å²) in [6.07, 6.45) is 0.991. The first-order chi connectivity index (χ1) is 6.49. The SMILES string of the molecule is C[SiH](C)OC(CC(C)(C)C)OS(C)(=O)=O. The highest BCUT2D eigenvalue weighted by atomic mass is 32.2. The van der Waals surface area contributed by atoms with E-state index in [1.54, 1.807) is 0 Å². The van der Waals surface area contributed by atoms with E-state index in [9.17, 15) is 8.42 Å². The van der Waals surface area contributed by atoms with Crippen LogP contribution in [0, 0.1) is 5.41 Å². The molecule has 15 heavy (non-hydrogen) atoms. The Morgan fingerprint density at radius 1 is 1.27 bits per heavy atom. The van der Waals surface area contributed by atoms with E-state index in [0.717, 1.165) is 6.26 Å². The lowest BCUT2D eigenvalue weighted by Gasteiger charge is -2.26. The van der Waals surface area contributed by atoms with Crippen LogP contribution in [-0.4, -0.2) is 30.0 Å². The first-order valence-electron chi connectivity index (χ1n) is 5.03. The molecule has 0 saturated heterocycles. The Hall–Kier alpha value is 0.0869. The van der Waals surface area contributed by atoms with E-state index >= 15 is 0 Å². The summed E-state index contributed by atoms with van der Waals surface area (Å²) < 4.78 is 32.5. The van der Waals surface area contributed by atoms with Gasteiger partial charge < -0.3 is 4.43 Å². The molecule has 0 saturated carbocycles. The second-order valence-electron chi connectivity index (χ2n) is 5.18. The Labute approximate surface area is 94.8 Å². The van der Waals surface area contributed by atoms with E-state index in [4.69, 9.17) is 8.61 Å².